The first-order chi connectivity index (χ1) is 7.01. The molecule has 15 heavy (non-hydrogen) atoms. The van der Waals surface area contributed by atoms with Crippen LogP contribution in [0.15, 0.2) is 0 Å². The van der Waals surface area contributed by atoms with Gasteiger partial charge in [0.2, 0.25) is 0 Å². The summed E-state index contributed by atoms with van der Waals surface area (Å²) in [7, 11) is 2.10. The predicted octanol–water partition coefficient (Wildman–Crippen LogP) is -0.822. The van der Waals surface area contributed by atoms with Gasteiger partial charge < -0.3 is 15.7 Å². The Morgan fingerprint density at radius 2 is 2.27 bits per heavy atom. The van der Waals surface area contributed by atoms with Crippen molar-refractivity contribution in [2.24, 2.45) is 5.73 Å². The van der Waals surface area contributed by atoms with E-state index >= 15 is 0 Å². The number of carboxylic acids is 1. The van der Waals surface area contributed by atoms with E-state index in [1.807, 2.05) is 0 Å². The number of hydrogen-bond donors (Lipinski definition) is 2. The lowest BCUT2D eigenvalue weighted by Gasteiger charge is -2.25. The molecule has 86 valence electrons. The smallest absolute Gasteiger partial charge is 0.325 e. The number of nitrogens with two attached hydrogens (primary N) is 1. The lowest BCUT2D eigenvalue weighted by molar-refractivity contribution is -0.142. The molecule has 0 radical (unpaired) electrons. The average Bonchev–Trinajstić information content (AvgIpc) is 2.73. The Morgan fingerprint density at radius 3 is 2.73 bits per heavy atom. The van der Waals surface area contributed by atoms with Gasteiger partial charge >= 0.3 is 5.97 Å². The van der Waals surface area contributed by atoms with Crippen LogP contribution >= 0.6 is 0 Å². The number of rotatable bonds is 2. The van der Waals surface area contributed by atoms with E-state index in [4.69, 9.17) is 10.8 Å². The molecule has 0 aromatic heterocycles. The van der Waals surface area contributed by atoms with Gasteiger partial charge in [-0.15, -0.1) is 0 Å². The summed E-state index contributed by atoms with van der Waals surface area (Å²) in [5, 5.41) is 9.02. The first-order valence-corrected chi connectivity index (χ1v) is 5.46. The molecule has 0 amide bonds. The number of nitrogens with zero attached hydrogens (tertiary/aromatic N) is 2. The van der Waals surface area contributed by atoms with Crippen LogP contribution in [0.2, 0.25) is 0 Å². The Labute approximate surface area is 89.8 Å². The van der Waals surface area contributed by atoms with Gasteiger partial charge in [-0.1, -0.05) is 0 Å². The molecule has 3 N–H and O–H groups in total. The predicted molar refractivity (Wildman–Crippen MR) is 56.6 cm³/mol. The van der Waals surface area contributed by atoms with Crippen LogP contribution in [-0.2, 0) is 4.79 Å². The molecule has 0 aromatic carbocycles. The minimum absolute atomic E-state index is 0.500. The molecule has 2 aliphatic heterocycles. The molecule has 0 bridgehead atoms. The highest BCUT2D eigenvalue weighted by molar-refractivity contribution is 5.79. The van der Waals surface area contributed by atoms with Crippen molar-refractivity contribution in [1.29, 1.82) is 0 Å². The zero-order valence-electron chi connectivity index (χ0n) is 9.15. The Kier molecular flexibility index (Phi) is 2.70. The summed E-state index contributed by atoms with van der Waals surface area (Å²) in [6.07, 6.45) is 1.70. The topological polar surface area (TPSA) is 69.8 Å². The van der Waals surface area contributed by atoms with E-state index in [0.717, 1.165) is 26.1 Å². The Morgan fingerprint density at radius 1 is 1.53 bits per heavy atom. The van der Waals surface area contributed by atoms with Gasteiger partial charge in [0.1, 0.15) is 5.54 Å². The summed E-state index contributed by atoms with van der Waals surface area (Å²) in [4.78, 5) is 15.5. The lowest BCUT2D eigenvalue weighted by Crippen LogP contribution is -2.51. The zero-order chi connectivity index (χ0) is 11.1. The van der Waals surface area contributed by atoms with Crippen molar-refractivity contribution in [1.82, 2.24) is 9.80 Å². The molecule has 2 rings (SSSR count). The van der Waals surface area contributed by atoms with Gasteiger partial charge in [-0.3, -0.25) is 9.69 Å². The van der Waals surface area contributed by atoms with Crippen molar-refractivity contribution < 1.29 is 9.90 Å². The molecule has 0 spiro atoms. The minimum atomic E-state index is -1.01. The largest absolute Gasteiger partial charge is 0.480 e. The molecule has 0 aromatic rings. The zero-order valence-corrected chi connectivity index (χ0v) is 9.15. The molecule has 2 heterocycles. The van der Waals surface area contributed by atoms with E-state index in [1.54, 1.807) is 0 Å². The van der Waals surface area contributed by atoms with E-state index in [9.17, 15) is 4.79 Å². The highest BCUT2D eigenvalue weighted by Gasteiger charge is 2.43. The molecule has 0 saturated carbocycles. The van der Waals surface area contributed by atoms with E-state index in [2.05, 4.69) is 16.8 Å². The van der Waals surface area contributed by atoms with Crippen molar-refractivity contribution in [3.63, 3.8) is 0 Å². The third-order valence-electron chi connectivity index (χ3n) is 3.64. The molecule has 0 aliphatic carbocycles. The number of hydrogen-bond acceptors (Lipinski definition) is 4. The summed E-state index contributed by atoms with van der Waals surface area (Å²) >= 11 is 0. The summed E-state index contributed by atoms with van der Waals surface area (Å²) in [5.74, 6) is -0.864. The van der Waals surface area contributed by atoms with Crippen LogP contribution in [0.25, 0.3) is 0 Å². The van der Waals surface area contributed by atoms with Gasteiger partial charge in [-0.25, -0.2) is 0 Å². The quantitative estimate of drug-likeness (QED) is 0.627. The van der Waals surface area contributed by atoms with Crippen molar-refractivity contribution in [2.45, 2.75) is 24.4 Å². The maximum Gasteiger partial charge on any atom is 0.325 e. The molecule has 5 heteroatoms. The van der Waals surface area contributed by atoms with Gasteiger partial charge in [0, 0.05) is 25.7 Å². The third-order valence-corrected chi connectivity index (χ3v) is 3.64. The summed E-state index contributed by atoms with van der Waals surface area (Å²) < 4.78 is 0. The van der Waals surface area contributed by atoms with Gasteiger partial charge in [0.25, 0.3) is 0 Å². The van der Waals surface area contributed by atoms with Gasteiger partial charge in [-0.05, 0) is 26.4 Å². The molecular weight excluding hydrogens is 194 g/mol. The number of likely N-dealkylation sites (tertiary alicyclic amines) is 2. The number of aliphatic carboxylic acids is 1. The second-order valence-electron chi connectivity index (χ2n) is 4.89. The Balaban J connectivity index is 1.95. The minimum Gasteiger partial charge on any atom is -0.480 e. The molecule has 2 unspecified atom stereocenters. The van der Waals surface area contributed by atoms with Crippen LogP contribution < -0.4 is 5.73 Å². The molecule has 2 saturated heterocycles. The number of carboxylic acid groups (broad SMARTS) is 1. The first kappa shape index (κ1) is 10.9. The van der Waals surface area contributed by atoms with E-state index in [-0.39, 0.29) is 0 Å². The standard InChI is InChI=1S/C10H19N3O2/c1-12-4-2-8(6-12)13-5-3-10(11,7-13)9(14)15/h8H,2-7,11H2,1H3,(H,14,15). The fraction of sp³-hybridized carbons (Fsp3) is 0.900. The van der Waals surface area contributed by atoms with Crippen LogP contribution in [0.3, 0.4) is 0 Å². The van der Waals surface area contributed by atoms with Crippen LogP contribution in [0.5, 0.6) is 0 Å². The summed E-state index contributed by atoms with van der Waals surface area (Å²) in [6, 6.07) is 0.500. The van der Waals surface area contributed by atoms with Crippen LogP contribution in [-0.4, -0.2) is 65.7 Å². The van der Waals surface area contributed by atoms with Crippen molar-refractivity contribution in [3.05, 3.63) is 0 Å². The van der Waals surface area contributed by atoms with Crippen LogP contribution in [0.4, 0.5) is 0 Å². The fourth-order valence-corrected chi connectivity index (χ4v) is 2.56. The second-order valence-corrected chi connectivity index (χ2v) is 4.89. The summed E-state index contributed by atoms with van der Waals surface area (Å²) in [6.45, 7) is 3.46. The van der Waals surface area contributed by atoms with Crippen molar-refractivity contribution >= 4 is 5.97 Å². The monoisotopic (exact) mass is 213 g/mol. The Bertz CT molecular complexity index is 271. The normalized spacial score (nSPS) is 38.7. The maximum absolute atomic E-state index is 11.0. The van der Waals surface area contributed by atoms with Gasteiger partial charge in [0.15, 0.2) is 0 Å². The Hall–Kier alpha value is -0.650. The van der Waals surface area contributed by atoms with E-state index in [1.165, 1.54) is 0 Å². The highest BCUT2D eigenvalue weighted by atomic mass is 16.4. The fourth-order valence-electron chi connectivity index (χ4n) is 2.56. The first-order valence-electron chi connectivity index (χ1n) is 5.46. The van der Waals surface area contributed by atoms with Gasteiger partial charge in [-0.2, -0.15) is 0 Å². The third kappa shape index (κ3) is 2.00. The molecular formula is C10H19N3O2. The summed E-state index contributed by atoms with van der Waals surface area (Å²) in [5.41, 5.74) is 4.83. The average molecular weight is 213 g/mol. The number of likely N-dealkylation sites (N-methyl/N-ethyl adjacent to an activating group) is 1. The molecule has 2 fully saturated rings. The van der Waals surface area contributed by atoms with Crippen molar-refractivity contribution in [2.75, 3.05) is 33.2 Å². The van der Waals surface area contributed by atoms with Crippen LogP contribution in [0.1, 0.15) is 12.8 Å². The molecule has 2 aliphatic rings. The SMILES string of the molecule is CN1CCC(N2CCC(N)(C(=O)O)C2)C1. The second kappa shape index (κ2) is 3.73. The molecule has 2 atom stereocenters. The lowest BCUT2D eigenvalue weighted by atomic mass is 10.0. The number of carbonyl (C=O) groups is 1. The van der Waals surface area contributed by atoms with E-state index < -0.39 is 11.5 Å². The highest BCUT2D eigenvalue weighted by Crippen LogP contribution is 2.24. The van der Waals surface area contributed by atoms with Gasteiger partial charge in [0.05, 0.1) is 0 Å². The molecule has 5 nitrogen and oxygen atoms in total. The van der Waals surface area contributed by atoms with E-state index in [0.29, 0.717) is 19.0 Å². The van der Waals surface area contributed by atoms with Crippen LogP contribution in [0, 0.1) is 0 Å². The van der Waals surface area contributed by atoms with Crippen molar-refractivity contribution in [3.8, 4) is 0 Å². The maximum atomic E-state index is 11.0.